The lowest BCUT2D eigenvalue weighted by Gasteiger charge is -2.09. The van der Waals surface area contributed by atoms with Crippen molar-refractivity contribution in [1.82, 2.24) is 9.78 Å². The van der Waals surface area contributed by atoms with Gasteiger partial charge in [0.15, 0.2) is 0 Å². The average Bonchev–Trinajstić information content (AvgIpc) is 2.84. The van der Waals surface area contributed by atoms with E-state index in [-0.39, 0.29) is 18.0 Å². The van der Waals surface area contributed by atoms with Crippen LogP contribution < -0.4 is 5.73 Å². The molecule has 1 aliphatic rings. The summed E-state index contributed by atoms with van der Waals surface area (Å²) >= 11 is 0. The summed E-state index contributed by atoms with van der Waals surface area (Å²) < 4.78 is 7.13. The molecule has 1 aromatic heterocycles. The van der Waals surface area contributed by atoms with E-state index in [2.05, 4.69) is 5.10 Å². The molecule has 2 heterocycles. The molecule has 2 rings (SSSR count). The van der Waals surface area contributed by atoms with E-state index in [4.69, 9.17) is 10.5 Å². The Morgan fingerprint density at radius 2 is 2.53 bits per heavy atom. The highest BCUT2D eigenvalue weighted by Gasteiger charge is 2.31. The van der Waals surface area contributed by atoms with E-state index in [1.807, 2.05) is 0 Å². The zero-order chi connectivity index (χ0) is 10.8. The van der Waals surface area contributed by atoms with Crippen molar-refractivity contribution in [1.29, 1.82) is 0 Å². The number of Topliss-reactive ketones (excluding diaryl/α,β-unsaturated/α-hetero) is 1. The molecule has 5 nitrogen and oxygen atoms in total. The summed E-state index contributed by atoms with van der Waals surface area (Å²) in [6, 6.07) is 1.71. The molecule has 0 aromatic carbocycles. The third-order valence-electron chi connectivity index (χ3n) is 2.63. The van der Waals surface area contributed by atoms with Crippen LogP contribution in [0.2, 0.25) is 0 Å². The second-order valence-corrected chi connectivity index (χ2v) is 3.80. The molecule has 0 aliphatic carbocycles. The predicted molar refractivity (Wildman–Crippen MR) is 54.5 cm³/mol. The summed E-state index contributed by atoms with van der Waals surface area (Å²) in [5.74, 6) is -0.0356. The highest BCUT2D eigenvalue weighted by Crippen LogP contribution is 2.21. The lowest BCUT2D eigenvalue weighted by molar-refractivity contribution is 0.0399. The molecule has 15 heavy (non-hydrogen) atoms. The van der Waals surface area contributed by atoms with Gasteiger partial charge in [0.05, 0.1) is 6.10 Å². The van der Waals surface area contributed by atoms with Crippen LogP contribution in [0.25, 0.3) is 0 Å². The second-order valence-electron chi connectivity index (χ2n) is 3.80. The normalized spacial score (nSPS) is 25.7. The highest BCUT2D eigenvalue weighted by molar-refractivity contribution is 5.97. The van der Waals surface area contributed by atoms with E-state index in [9.17, 15) is 4.79 Å². The van der Waals surface area contributed by atoms with Gasteiger partial charge in [0, 0.05) is 19.8 Å². The van der Waals surface area contributed by atoms with Crippen molar-refractivity contribution >= 4 is 5.78 Å². The molecule has 2 atom stereocenters. The van der Waals surface area contributed by atoms with E-state index in [0.29, 0.717) is 12.2 Å². The fourth-order valence-corrected chi connectivity index (χ4v) is 1.78. The van der Waals surface area contributed by atoms with E-state index in [1.165, 1.54) is 0 Å². The van der Waals surface area contributed by atoms with Gasteiger partial charge in [0.2, 0.25) is 5.78 Å². The van der Waals surface area contributed by atoms with E-state index in [0.717, 1.165) is 12.8 Å². The number of carbonyl (C=O) groups is 1. The van der Waals surface area contributed by atoms with Crippen LogP contribution in [-0.4, -0.2) is 34.3 Å². The molecule has 5 heteroatoms. The number of nitrogens with zero attached hydrogens (tertiary/aromatic N) is 2. The van der Waals surface area contributed by atoms with Gasteiger partial charge in [-0.15, -0.1) is 0 Å². The number of aromatic nitrogens is 2. The summed E-state index contributed by atoms with van der Waals surface area (Å²) in [5, 5.41) is 4.06. The lowest BCUT2D eigenvalue weighted by Crippen LogP contribution is -2.25. The third-order valence-corrected chi connectivity index (χ3v) is 2.63. The van der Waals surface area contributed by atoms with Crippen LogP contribution in [0.15, 0.2) is 12.3 Å². The fourth-order valence-electron chi connectivity index (χ4n) is 1.78. The number of rotatable bonds is 3. The summed E-state index contributed by atoms with van der Waals surface area (Å²) in [5.41, 5.74) is 5.96. The summed E-state index contributed by atoms with van der Waals surface area (Å²) in [6.45, 7) is 0.478. The number of ketones is 1. The molecule has 1 aromatic rings. The van der Waals surface area contributed by atoms with Gasteiger partial charge < -0.3 is 10.5 Å². The minimum absolute atomic E-state index is 0.0302. The first-order valence-corrected chi connectivity index (χ1v) is 5.10. The molecule has 1 saturated heterocycles. The number of carbonyl (C=O) groups excluding carboxylic acids is 1. The standard InChI is InChI=1S/C10H15N3O2/c1-13-5-4-8(12-13)10(14)9-3-2-7(6-11)15-9/h4-5,7,9H,2-3,6,11H2,1H3. The van der Waals surface area contributed by atoms with Crippen molar-refractivity contribution in [2.45, 2.75) is 25.0 Å². The van der Waals surface area contributed by atoms with Crippen LogP contribution in [-0.2, 0) is 11.8 Å². The molecule has 0 bridgehead atoms. The zero-order valence-electron chi connectivity index (χ0n) is 8.72. The van der Waals surface area contributed by atoms with Gasteiger partial charge in [-0.3, -0.25) is 9.48 Å². The largest absolute Gasteiger partial charge is 0.365 e. The van der Waals surface area contributed by atoms with Gasteiger partial charge in [0.1, 0.15) is 11.8 Å². The smallest absolute Gasteiger partial charge is 0.211 e. The highest BCUT2D eigenvalue weighted by atomic mass is 16.5. The Hall–Kier alpha value is -1.20. The molecule has 1 fully saturated rings. The van der Waals surface area contributed by atoms with Crippen LogP contribution >= 0.6 is 0 Å². The topological polar surface area (TPSA) is 70.1 Å². The maximum atomic E-state index is 11.9. The summed E-state index contributed by atoms with van der Waals surface area (Å²) in [4.78, 5) is 11.9. The number of hydrogen-bond donors (Lipinski definition) is 1. The molecular formula is C10H15N3O2. The van der Waals surface area contributed by atoms with E-state index < -0.39 is 0 Å². The monoisotopic (exact) mass is 209 g/mol. The predicted octanol–water partition coefficient (Wildman–Crippen LogP) is 0.109. The van der Waals surface area contributed by atoms with Crippen molar-refractivity contribution in [2.24, 2.45) is 12.8 Å². The molecule has 1 aliphatic heterocycles. The van der Waals surface area contributed by atoms with Crippen LogP contribution in [0.4, 0.5) is 0 Å². The van der Waals surface area contributed by atoms with Gasteiger partial charge in [0.25, 0.3) is 0 Å². The van der Waals surface area contributed by atoms with Gasteiger partial charge in [-0.05, 0) is 18.9 Å². The Morgan fingerprint density at radius 1 is 1.73 bits per heavy atom. The molecular weight excluding hydrogens is 194 g/mol. The third kappa shape index (κ3) is 2.08. The number of ether oxygens (including phenoxy) is 1. The minimum atomic E-state index is -0.353. The lowest BCUT2D eigenvalue weighted by atomic mass is 10.1. The average molecular weight is 209 g/mol. The van der Waals surface area contributed by atoms with Crippen molar-refractivity contribution in [3.8, 4) is 0 Å². The molecule has 82 valence electrons. The first-order chi connectivity index (χ1) is 7.20. The number of aryl methyl sites for hydroxylation is 1. The first kappa shape index (κ1) is 10.3. The maximum Gasteiger partial charge on any atom is 0.211 e. The van der Waals surface area contributed by atoms with Gasteiger partial charge in [-0.1, -0.05) is 0 Å². The van der Waals surface area contributed by atoms with Crippen LogP contribution in [0.5, 0.6) is 0 Å². The molecule has 2 N–H and O–H groups in total. The maximum absolute atomic E-state index is 11.9. The summed E-state index contributed by atoms with van der Waals surface area (Å²) in [7, 11) is 1.79. The van der Waals surface area contributed by atoms with Gasteiger partial charge >= 0.3 is 0 Å². The van der Waals surface area contributed by atoms with Crippen LogP contribution in [0, 0.1) is 0 Å². The van der Waals surface area contributed by atoms with Crippen molar-refractivity contribution in [3.05, 3.63) is 18.0 Å². The molecule has 0 radical (unpaired) electrons. The Morgan fingerprint density at radius 3 is 3.07 bits per heavy atom. The molecule has 0 saturated carbocycles. The Bertz CT molecular complexity index is 361. The Labute approximate surface area is 88.2 Å². The van der Waals surface area contributed by atoms with Crippen molar-refractivity contribution in [2.75, 3.05) is 6.54 Å². The Balaban J connectivity index is 2.03. The second kappa shape index (κ2) is 4.12. The quantitative estimate of drug-likeness (QED) is 0.717. The number of nitrogens with two attached hydrogens (primary N) is 1. The molecule has 0 spiro atoms. The zero-order valence-corrected chi connectivity index (χ0v) is 8.72. The van der Waals surface area contributed by atoms with Crippen molar-refractivity contribution in [3.63, 3.8) is 0 Å². The van der Waals surface area contributed by atoms with Crippen molar-refractivity contribution < 1.29 is 9.53 Å². The fraction of sp³-hybridized carbons (Fsp3) is 0.600. The molecule has 2 unspecified atom stereocenters. The van der Waals surface area contributed by atoms with E-state index >= 15 is 0 Å². The van der Waals surface area contributed by atoms with E-state index in [1.54, 1.807) is 24.0 Å². The molecule has 0 amide bonds. The summed E-state index contributed by atoms with van der Waals surface area (Å²) in [6.07, 6.45) is 3.04. The van der Waals surface area contributed by atoms with Gasteiger partial charge in [-0.25, -0.2) is 0 Å². The minimum Gasteiger partial charge on any atom is -0.365 e. The SMILES string of the molecule is Cn1ccc(C(=O)C2CCC(CN)O2)n1. The number of hydrogen-bond acceptors (Lipinski definition) is 4. The van der Waals surface area contributed by atoms with Crippen LogP contribution in [0.1, 0.15) is 23.3 Å². The van der Waals surface area contributed by atoms with Crippen LogP contribution in [0.3, 0.4) is 0 Å². The first-order valence-electron chi connectivity index (χ1n) is 5.10. The Kier molecular flexibility index (Phi) is 2.83. The van der Waals surface area contributed by atoms with Gasteiger partial charge in [-0.2, -0.15) is 5.10 Å².